The number of ether oxygens (including phenoxy) is 2. The molecular formula is C20H23NO3. The number of hydrogen-bond acceptors (Lipinski definition) is 3. The maximum Gasteiger partial charge on any atom is 0.220 e. The molecule has 0 radical (unpaired) electrons. The van der Waals surface area contributed by atoms with E-state index in [1.807, 2.05) is 42.5 Å². The van der Waals surface area contributed by atoms with E-state index in [9.17, 15) is 4.79 Å². The molecule has 4 heteroatoms. The molecule has 24 heavy (non-hydrogen) atoms. The monoisotopic (exact) mass is 325 g/mol. The molecule has 0 spiro atoms. The summed E-state index contributed by atoms with van der Waals surface area (Å²) in [6, 6.07) is 15.9. The van der Waals surface area contributed by atoms with E-state index >= 15 is 0 Å². The van der Waals surface area contributed by atoms with Gasteiger partial charge in [-0.3, -0.25) is 4.79 Å². The lowest BCUT2D eigenvalue weighted by molar-refractivity contribution is -0.121. The number of fused-ring (bicyclic) bond motifs is 1. The molecule has 0 bridgehead atoms. The van der Waals surface area contributed by atoms with Gasteiger partial charge >= 0.3 is 0 Å². The third kappa shape index (κ3) is 4.07. The molecule has 0 saturated heterocycles. The molecule has 1 unspecified atom stereocenters. The summed E-state index contributed by atoms with van der Waals surface area (Å²) in [6.45, 7) is 1.32. The fourth-order valence-corrected chi connectivity index (χ4v) is 3.10. The number of methoxy groups -OCH3 is 1. The fraction of sp³-hybridized carbons (Fsp3) is 0.350. The topological polar surface area (TPSA) is 47.6 Å². The van der Waals surface area contributed by atoms with Crippen molar-refractivity contribution in [1.29, 1.82) is 0 Å². The van der Waals surface area contributed by atoms with Crippen molar-refractivity contribution in [2.45, 2.75) is 25.2 Å². The molecule has 2 aromatic rings. The minimum absolute atomic E-state index is 0.0969. The number of nitrogens with one attached hydrogen (secondary N) is 1. The lowest BCUT2D eigenvalue weighted by Gasteiger charge is -2.25. The fourth-order valence-electron chi connectivity index (χ4n) is 3.10. The summed E-state index contributed by atoms with van der Waals surface area (Å²) in [5, 5.41) is 3.03. The Morgan fingerprint density at radius 3 is 3.00 bits per heavy atom. The number of hydrogen-bond donors (Lipinski definition) is 1. The zero-order valence-corrected chi connectivity index (χ0v) is 14.0. The van der Waals surface area contributed by atoms with Crippen LogP contribution in [0.3, 0.4) is 0 Å². The highest BCUT2D eigenvalue weighted by Crippen LogP contribution is 2.35. The number of carbonyl (C=O) groups excluding carboxylic acids is 1. The van der Waals surface area contributed by atoms with E-state index in [0.29, 0.717) is 19.6 Å². The molecule has 2 aromatic carbocycles. The summed E-state index contributed by atoms with van der Waals surface area (Å²) in [6.07, 6.45) is 2.20. The Bertz CT molecular complexity index is 699. The first-order valence-corrected chi connectivity index (χ1v) is 8.37. The van der Waals surface area contributed by atoms with Gasteiger partial charge in [-0.05, 0) is 48.1 Å². The van der Waals surface area contributed by atoms with Gasteiger partial charge in [0.25, 0.3) is 0 Å². The molecule has 0 fully saturated rings. The second-order valence-electron chi connectivity index (χ2n) is 6.03. The number of carbonyl (C=O) groups is 1. The Hall–Kier alpha value is -2.49. The summed E-state index contributed by atoms with van der Waals surface area (Å²) < 4.78 is 10.9. The predicted molar refractivity (Wildman–Crippen MR) is 93.6 cm³/mol. The minimum atomic E-state index is 0.0969. The zero-order chi connectivity index (χ0) is 16.8. The van der Waals surface area contributed by atoms with Crippen molar-refractivity contribution >= 4 is 5.91 Å². The highest BCUT2D eigenvalue weighted by Gasteiger charge is 2.23. The first-order valence-electron chi connectivity index (χ1n) is 8.37. The quantitative estimate of drug-likeness (QED) is 0.886. The van der Waals surface area contributed by atoms with Gasteiger partial charge in [0.15, 0.2) is 0 Å². The molecule has 1 N–H and O–H groups in total. The van der Waals surface area contributed by atoms with Crippen molar-refractivity contribution in [3.63, 3.8) is 0 Å². The van der Waals surface area contributed by atoms with Crippen LogP contribution in [0.5, 0.6) is 11.5 Å². The van der Waals surface area contributed by atoms with Crippen LogP contribution < -0.4 is 14.8 Å². The van der Waals surface area contributed by atoms with E-state index in [2.05, 4.69) is 11.4 Å². The maximum atomic E-state index is 12.3. The van der Waals surface area contributed by atoms with Gasteiger partial charge < -0.3 is 14.8 Å². The van der Waals surface area contributed by atoms with Crippen molar-refractivity contribution in [3.05, 3.63) is 59.7 Å². The summed E-state index contributed by atoms with van der Waals surface area (Å²) in [7, 11) is 1.66. The van der Waals surface area contributed by atoms with Crippen LogP contribution in [0.2, 0.25) is 0 Å². The molecule has 126 valence electrons. The minimum Gasteiger partial charge on any atom is -0.497 e. The van der Waals surface area contributed by atoms with Crippen molar-refractivity contribution in [2.75, 3.05) is 20.3 Å². The lowest BCUT2D eigenvalue weighted by Crippen LogP contribution is -2.28. The Morgan fingerprint density at radius 1 is 1.25 bits per heavy atom. The van der Waals surface area contributed by atoms with Crippen LogP contribution in [0, 0.1) is 0 Å². The Balaban J connectivity index is 1.50. The molecule has 1 amide bonds. The van der Waals surface area contributed by atoms with E-state index in [4.69, 9.17) is 9.47 Å². The molecule has 0 aliphatic carbocycles. The Labute approximate surface area is 142 Å². The van der Waals surface area contributed by atoms with E-state index in [1.54, 1.807) is 7.11 Å². The summed E-state index contributed by atoms with van der Waals surface area (Å²) in [4.78, 5) is 12.3. The van der Waals surface area contributed by atoms with Crippen LogP contribution in [-0.2, 0) is 11.2 Å². The van der Waals surface area contributed by atoms with Crippen LogP contribution in [0.4, 0.5) is 0 Å². The van der Waals surface area contributed by atoms with Gasteiger partial charge in [-0.25, -0.2) is 0 Å². The van der Waals surface area contributed by atoms with E-state index < -0.39 is 0 Å². The second-order valence-corrected chi connectivity index (χ2v) is 6.03. The van der Waals surface area contributed by atoms with Gasteiger partial charge in [0.1, 0.15) is 11.5 Å². The molecule has 0 saturated carbocycles. The van der Waals surface area contributed by atoms with Gasteiger partial charge in [-0.1, -0.05) is 30.3 Å². The summed E-state index contributed by atoms with van der Waals surface area (Å²) in [5.74, 6) is 2.10. The van der Waals surface area contributed by atoms with Crippen LogP contribution in [-0.4, -0.2) is 26.2 Å². The van der Waals surface area contributed by atoms with Crippen molar-refractivity contribution < 1.29 is 14.3 Å². The number of benzene rings is 2. The highest BCUT2D eigenvalue weighted by molar-refractivity contribution is 5.77. The zero-order valence-electron chi connectivity index (χ0n) is 14.0. The standard InChI is InChI=1S/C20H23NO3/c1-23-17-6-4-5-15(13-17)9-11-21-20(22)14-16-10-12-24-19-8-3-2-7-18(16)19/h2-8,13,16H,9-12,14H2,1H3,(H,21,22). The largest absolute Gasteiger partial charge is 0.497 e. The summed E-state index contributed by atoms with van der Waals surface area (Å²) >= 11 is 0. The van der Waals surface area contributed by atoms with Crippen LogP contribution in [0.25, 0.3) is 0 Å². The first kappa shape index (κ1) is 16.4. The molecule has 4 nitrogen and oxygen atoms in total. The van der Waals surface area contributed by atoms with E-state index in [0.717, 1.165) is 35.5 Å². The Morgan fingerprint density at radius 2 is 2.12 bits per heavy atom. The molecule has 1 aliphatic heterocycles. The lowest BCUT2D eigenvalue weighted by atomic mass is 9.90. The normalized spacial score (nSPS) is 16.0. The van der Waals surface area contributed by atoms with Gasteiger partial charge in [0.2, 0.25) is 5.91 Å². The number of para-hydroxylation sites is 1. The van der Waals surface area contributed by atoms with Crippen LogP contribution >= 0.6 is 0 Å². The average molecular weight is 325 g/mol. The van der Waals surface area contributed by atoms with Gasteiger partial charge in [0.05, 0.1) is 13.7 Å². The molecule has 1 atom stereocenters. The third-order valence-electron chi connectivity index (χ3n) is 4.38. The number of amides is 1. The van der Waals surface area contributed by atoms with Crippen molar-refractivity contribution in [2.24, 2.45) is 0 Å². The van der Waals surface area contributed by atoms with Crippen molar-refractivity contribution in [3.8, 4) is 11.5 Å². The van der Waals surface area contributed by atoms with Gasteiger partial charge in [-0.15, -0.1) is 0 Å². The Kier molecular flexibility index (Phi) is 5.36. The molecule has 3 rings (SSSR count). The van der Waals surface area contributed by atoms with Gasteiger partial charge in [-0.2, -0.15) is 0 Å². The first-order chi connectivity index (χ1) is 11.8. The highest BCUT2D eigenvalue weighted by atomic mass is 16.5. The number of rotatable bonds is 6. The SMILES string of the molecule is COc1cccc(CCNC(=O)CC2CCOc3ccccc32)c1. The smallest absolute Gasteiger partial charge is 0.220 e. The maximum absolute atomic E-state index is 12.3. The molecular weight excluding hydrogens is 302 g/mol. The molecule has 1 heterocycles. The van der Waals surface area contributed by atoms with Crippen LogP contribution in [0.15, 0.2) is 48.5 Å². The summed E-state index contributed by atoms with van der Waals surface area (Å²) in [5.41, 5.74) is 2.30. The van der Waals surface area contributed by atoms with E-state index in [1.165, 1.54) is 0 Å². The molecule has 0 aromatic heterocycles. The second kappa shape index (κ2) is 7.86. The third-order valence-corrected chi connectivity index (χ3v) is 4.38. The predicted octanol–water partition coefficient (Wildman–Crippen LogP) is 3.31. The van der Waals surface area contributed by atoms with Crippen molar-refractivity contribution in [1.82, 2.24) is 5.32 Å². The van der Waals surface area contributed by atoms with Gasteiger partial charge in [0, 0.05) is 13.0 Å². The van der Waals surface area contributed by atoms with E-state index in [-0.39, 0.29) is 11.8 Å². The van der Waals surface area contributed by atoms with Crippen LogP contribution in [0.1, 0.15) is 29.9 Å². The molecule has 1 aliphatic rings. The average Bonchev–Trinajstić information content (AvgIpc) is 2.62.